The standard InChI is InChI=1S/C27H33N3O2S/c1-16-25-24(21-6-3-4-7-22(21)33-25)26(32)30(29-16)9-5-8-23(31)28-17(2)27-13-18-10-19(14-27)12-20(11-18)15-27/h3-4,6-7,17-20H,5,8-15H2,1-2H3,(H,28,31)/t17-,18?,19?,20?,27?/m1/s1. The Kier molecular flexibility index (Phi) is 5.13. The number of amides is 1. The zero-order valence-corrected chi connectivity index (χ0v) is 20.4. The Morgan fingerprint density at radius 3 is 2.55 bits per heavy atom. The van der Waals surface area contributed by atoms with Gasteiger partial charge in [0.25, 0.3) is 5.56 Å². The second-order valence-corrected chi connectivity index (χ2v) is 12.1. The second-order valence-electron chi connectivity index (χ2n) is 11.1. The molecule has 4 aliphatic rings. The Morgan fingerprint density at radius 2 is 1.85 bits per heavy atom. The van der Waals surface area contributed by atoms with Gasteiger partial charge < -0.3 is 5.32 Å². The Bertz CT molecular complexity index is 1250. The maximum absolute atomic E-state index is 13.2. The molecule has 6 heteroatoms. The van der Waals surface area contributed by atoms with E-state index in [2.05, 4.69) is 23.4 Å². The molecule has 1 amide bonds. The number of aromatic nitrogens is 2. The number of nitrogens with one attached hydrogen (secondary N) is 1. The summed E-state index contributed by atoms with van der Waals surface area (Å²) in [4.78, 5) is 26.0. The molecule has 174 valence electrons. The van der Waals surface area contributed by atoms with Gasteiger partial charge in [-0.25, -0.2) is 4.68 Å². The molecule has 0 spiro atoms. The van der Waals surface area contributed by atoms with Gasteiger partial charge in [-0.3, -0.25) is 9.59 Å². The van der Waals surface area contributed by atoms with Gasteiger partial charge in [-0.2, -0.15) is 5.10 Å². The van der Waals surface area contributed by atoms with Crippen LogP contribution in [-0.2, 0) is 11.3 Å². The molecule has 0 unspecified atom stereocenters. The molecule has 4 aliphatic carbocycles. The molecule has 5 nitrogen and oxygen atoms in total. The van der Waals surface area contributed by atoms with Crippen molar-refractivity contribution in [1.29, 1.82) is 0 Å². The highest BCUT2D eigenvalue weighted by Crippen LogP contribution is 2.61. The third kappa shape index (κ3) is 3.61. The van der Waals surface area contributed by atoms with Gasteiger partial charge in [0.15, 0.2) is 0 Å². The van der Waals surface area contributed by atoms with Crippen molar-refractivity contribution in [2.24, 2.45) is 23.2 Å². The lowest BCUT2D eigenvalue weighted by Gasteiger charge is -2.59. The predicted molar refractivity (Wildman–Crippen MR) is 134 cm³/mol. The van der Waals surface area contributed by atoms with Gasteiger partial charge in [-0.1, -0.05) is 18.2 Å². The Balaban J connectivity index is 1.12. The van der Waals surface area contributed by atoms with E-state index >= 15 is 0 Å². The lowest BCUT2D eigenvalue weighted by atomic mass is 9.48. The molecule has 2 aromatic heterocycles. The van der Waals surface area contributed by atoms with Crippen LogP contribution in [0, 0.1) is 30.1 Å². The molecule has 7 rings (SSSR count). The lowest BCUT2D eigenvalue weighted by molar-refractivity contribution is -0.126. The van der Waals surface area contributed by atoms with Gasteiger partial charge in [0.2, 0.25) is 5.91 Å². The van der Waals surface area contributed by atoms with E-state index in [9.17, 15) is 9.59 Å². The van der Waals surface area contributed by atoms with Crippen LogP contribution in [0.1, 0.15) is 64.0 Å². The van der Waals surface area contributed by atoms with Crippen LogP contribution in [-0.4, -0.2) is 21.7 Å². The highest BCUT2D eigenvalue weighted by Gasteiger charge is 2.53. The average molecular weight is 464 g/mol. The lowest BCUT2D eigenvalue weighted by Crippen LogP contribution is -2.55. The topological polar surface area (TPSA) is 64.0 Å². The number of carbonyl (C=O) groups is 1. The quantitative estimate of drug-likeness (QED) is 0.531. The monoisotopic (exact) mass is 463 g/mol. The number of carbonyl (C=O) groups excluding carboxylic acids is 1. The number of aryl methyl sites for hydroxylation is 2. The summed E-state index contributed by atoms with van der Waals surface area (Å²) in [6, 6.07) is 8.29. The SMILES string of the molecule is Cc1nn(CCCC(=O)N[C@H](C)C23CC4CC(CC(C4)C2)C3)c(=O)c2c1sc1ccccc12. The molecule has 1 N–H and O–H groups in total. The molecule has 4 saturated carbocycles. The van der Waals surface area contributed by atoms with Crippen molar-refractivity contribution in [3.8, 4) is 0 Å². The molecule has 4 bridgehead atoms. The molecular formula is C27H33N3O2S. The molecule has 0 radical (unpaired) electrons. The first-order valence-electron chi connectivity index (χ1n) is 12.6. The van der Waals surface area contributed by atoms with Crippen molar-refractivity contribution in [3.63, 3.8) is 0 Å². The maximum Gasteiger partial charge on any atom is 0.276 e. The van der Waals surface area contributed by atoms with Crippen molar-refractivity contribution in [3.05, 3.63) is 40.3 Å². The van der Waals surface area contributed by atoms with Crippen molar-refractivity contribution in [2.75, 3.05) is 0 Å². The number of hydrogen-bond donors (Lipinski definition) is 1. The van der Waals surface area contributed by atoms with Crippen LogP contribution in [0.2, 0.25) is 0 Å². The molecule has 1 atom stereocenters. The smallest absolute Gasteiger partial charge is 0.276 e. The molecule has 3 aromatic rings. The van der Waals surface area contributed by atoms with Crippen molar-refractivity contribution in [2.45, 2.75) is 77.8 Å². The van der Waals surface area contributed by atoms with Crippen LogP contribution in [0.25, 0.3) is 20.2 Å². The summed E-state index contributed by atoms with van der Waals surface area (Å²) >= 11 is 1.63. The molecular weight excluding hydrogens is 430 g/mol. The number of fused-ring (bicyclic) bond motifs is 3. The van der Waals surface area contributed by atoms with E-state index < -0.39 is 0 Å². The van der Waals surface area contributed by atoms with E-state index in [1.165, 1.54) is 38.5 Å². The van der Waals surface area contributed by atoms with Crippen molar-refractivity contribution >= 4 is 37.4 Å². The molecule has 0 saturated heterocycles. The Labute approximate surface area is 198 Å². The van der Waals surface area contributed by atoms with Crippen LogP contribution in [0.3, 0.4) is 0 Å². The minimum atomic E-state index is -0.0459. The summed E-state index contributed by atoms with van der Waals surface area (Å²) in [5, 5.41) is 9.69. The highest BCUT2D eigenvalue weighted by atomic mass is 32.1. The van der Waals surface area contributed by atoms with Gasteiger partial charge in [0.05, 0.1) is 15.8 Å². The number of benzene rings is 1. The van der Waals surface area contributed by atoms with Crippen LogP contribution < -0.4 is 10.9 Å². The van der Waals surface area contributed by atoms with Gasteiger partial charge in [-0.15, -0.1) is 11.3 Å². The van der Waals surface area contributed by atoms with Gasteiger partial charge in [0.1, 0.15) is 0 Å². The van der Waals surface area contributed by atoms with E-state index in [0.717, 1.165) is 43.6 Å². The summed E-state index contributed by atoms with van der Waals surface area (Å²) < 4.78 is 3.65. The van der Waals surface area contributed by atoms with E-state index in [4.69, 9.17) is 0 Å². The number of rotatable bonds is 6. The van der Waals surface area contributed by atoms with Crippen LogP contribution in [0.4, 0.5) is 0 Å². The average Bonchev–Trinajstić information content (AvgIpc) is 3.17. The highest BCUT2D eigenvalue weighted by molar-refractivity contribution is 7.26. The fraction of sp³-hybridized carbons (Fsp3) is 0.593. The van der Waals surface area contributed by atoms with E-state index in [-0.39, 0.29) is 17.5 Å². The summed E-state index contributed by atoms with van der Waals surface area (Å²) in [6.07, 6.45) is 9.22. The van der Waals surface area contributed by atoms with Crippen LogP contribution in [0.15, 0.2) is 29.1 Å². The summed E-state index contributed by atoms with van der Waals surface area (Å²) in [5.74, 6) is 2.78. The van der Waals surface area contributed by atoms with Crippen molar-refractivity contribution < 1.29 is 4.79 Å². The summed E-state index contributed by atoms with van der Waals surface area (Å²) in [6.45, 7) is 4.67. The van der Waals surface area contributed by atoms with Crippen LogP contribution in [0.5, 0.6) is 0 Å². The number of hydrogen-bond acceptors (Lipinski definition) is 4. The third-order valence-corrected chi connectivity index (χ3v) is 10.1. The first kappa shape index (κ1) is 21.3. The van der Waals surface area contributed by atoms with E-state index in [0.29, 0.717) is 24.8 Å². The molecule has 1 aromatic carbocycles. The third-order valence-electron chi connectivity index (χ3n) is 8.80. The minimum Gasteiger partial charge on any atom is -0.353 e. The van der Waals surface area contributed by atoms with Gasteiger partial charge in [-0.05, 0) is 88.0 Å². The van der Waals surface area contributed by atoms with E-state index in [1.54, 1.807) is 16.0 Å². The van der Waals surface area contributed by atoms with Gasteiger partial charge in [0, 0.05) is 29.1 Å². The van der Waals surface area contributed by atoms with Gasteiger partial charge >= 0.3 is 0 Å². The van der Waals surface area contributed by atoms with E-state index in [1.807, 2.05) is 25.1 Å². The Morgan fingerprint density at radius 1 is 1.18 bits per heavy atom. The minimum absolute atomic E-state index is 0.0459. The Hall–Kier alpha value is -2.21. The zero-order chi connectivity index (χ0) is 22.7. The predicted octanol–water partition coefficient (Wildman–Crippen LogP) is 5.42. The first-order valence-corrected chi connectivity index (χ1v) is 13.4. The fourth-order valence-corrected chi connectivity index (χ4v) is 8.76. The molecule has 0 aliphatic heterocycles. The summed E-state index contributed by atoms with van der Waals surface area (Å²) in [7, 11) is 0. The molecule has 2 heterocycles. The molecule has 33 heavy (non-hydrogen) atoms. The number of thiophene rings is 1. The fourth-order valence-electron chi connectivity index (χ4n) is 7.63. The van der Waals surface area contributed by atoms with Crippen LogP contribution >= 0.6 is 11.3 Å². The number of nitrogens with zero attached hydrogens (tertiary/aromatic N) is 2. The largest absolute Gasteiger partial charge is 0.353 e. The first-order chi connectivity index (χ1) is 15.9. The maximum atomic E-state index is 13.2. The zero-order valence-electron chi connectivity index (χ0n) is 19.6. The normalized spacial score (nSPS) is 29.1. The summed E-state index contributed by atoms with van der Waals surface area (Å²) in [5.41, 5.74) is 1.16. The van der Waals surface area contributed by atoms with Crippen molar-refractivity contribution in [1.82, 2.24) is 15.1 Å². The molecule has 4 fully saturated rings. The second kappa shape index (κ2) is 7.93.